The quantitative estimate of drug-likeness (QED) is 0.204. The molecule has 236 valence electrons. The molecule has 6 nitrogen and oxygen atoms in total. The molecule has 12 atom stereocenters. The third-order valence-corrected chi connectivity index (χ3v) is 13.1. The maximum absolute atomic E-state index is 12.6. The number of ether oxygens (including phenoxy) is 3. The lowest BCUT2D eigenvalue weighted by Gasteiger charge is -2.68. The summed E-state index contributed by atoms with van der Waals surface area (Å²) in [6.07, 6.45) is 8.45. The number of hydrogen-bond donors (Lipinski definition) is 2. The third kappa shape index (κ3) is 4.69. The van der Waals surface area contributed by atoms with Crippen molar-refractivity contribution in [2.75, 3.05) is 7.11 Å². The summed E-state index contributed by atoms with van der Waals surface area (Å²) < 4.78 is 18.2. The van der Waals surface area contributed by atoms with Gasteiger partial charge >= 0.3 is 5.97 Å². The molecule has 1 saturated heterocycles. The highest BCUT2D eigenvalue weighted by molar-refractivity contribution is 5.82. The molecule has 1 aliphatic heterocycles. The van der Waals surface area contributed by atoms with E-state index in [4.69, 9.17) is 14.2 Å². The first kappa shape index (κ1) is 31.9. The fourth-order valence-electron chi connectivity index (χ4n) is 11.1. The Morgan fingerprint density at radius 2 is 1.79 bits per heavy atom. The summed E-state index contributed by atoms with van der Waals surface area (Å²) in [6, 6.07) is 0. The van der Waals surface area contributed by atoms with Gasteiger partial charge in [0.2, 0.25) is 0 Å². The Hall–Kier alpha value is -1.47. The summed E-state index contributed by atoms with van der Waals surface area (Å²) in [6.45, 7) is 21.4. The summed E-state index contributed by atoms with van der Waals surface area (Å²) in [7, 11) is 1.71. The molecule has 0 spiro atoms. The van der Waals surface area contributed by atoms with Crippen LogP contribution in [0.5, 0.6) is 0 Å². The Kier molecular flexibility index (Phi) is 8.25. The molecule has 6 heteroatoms. The van der Waals surface area contributed by atoms with Gasteiger partial charge in [-0.1, -0.05) is 58.4 Å². The largest absolute Gasteiger partial charge is 0.459 e. The van der Waals surface area contributed by atoms with Gasteiger partial charge < -0.3 is 24.4 Å². The molecule has 0 radical (unpaired) electrons. The number of allylic oxidation sites excluding steroid dienone is 2. The van der Waals surface area contributed by atoms with Crippen molar-refractivity contribution < 1.29 is 29.2 Å². The van der Waals surface area contributed by atoms with Gasteiger partial charge in [0.05, 0.1) is 12.2 Å². The molecule has 0 amide bonds. The Balaban J connectivity index is 1.42. The minimum atomic E-state index is -0.695. The van der Waals surface area contributed by atoms with Gasteiger partial charge in [-0.25, -0.2) is 4.79 Å². The number of fused-ring (bicyclic) bond motifs is 5. The van der Waals surface area contributed by atoms with Crippen molar-refractivity contribution in [3.8, 4) is 0 Å². The Morgan fingerprint density at radius 1 is 1.10 bits per heavy atom. The molecule has 2 N–H and O–H groups in total. The molecule has 0 aromatic rings. The van der Waals surface area contributed by atoms with E-state index < -0.39 is 12.2 Å². The number of carbonyl (C=O) groups excluding carboxylic acids is 1. The fourth-order valence-corrected chi connectivity index (χ4v) is 11.1. The molecule has 0 aromatic heterocycles. The maximum atomic E-state index is 12.6. The normalized spacial score (nSPS) is 46.5. The highest BCUT2D eigenvalue weighted by Crippen LogP contribution is 2.73. The van der Waals surface area contributed by atoms with Crippen LogP contribution in [0.2, 0.25) is 0 Å². The van der Waals surface area contributed by atoms with E-state index in [0.717, 1.165) is 49.7 Å². The highest BCUT2D eigenvalue weighted by Gasteiger charge is 2.69. The van der Waals surface area contributed by atoms with Crippen LogP contribution in [0.1, 0.15) is 100 Å². The van der Waals surface area contributed by atoms with Gasteiger partial charge in [-0.05, 0) is 99.9 Å². The van der Waals surface area contributed by atoms with E-state index in [9.17, 15) is 15.0 Å². The molecule has 0 bridgehead atoms. The number of methoxy groups -OCH3 is 1. The summed E-state index contributed by atoms with van der Waals surface area (Å²) in [4.78, 5) is 12.6. The summed E-state index contributed by atoms with van der Waals surface area (Å²) in [5.74, 6) is 0.848. The lowest BCUT2D eigenvalue weighted by Crippen LogP contribution is -2.65. The summed E-state index contributed by atoms with van der Waals surface area (Å²) in [5, 5.41) is 22.9. The molecule has 4 fully saturated rings. The summed E-state index contributed by atoms with van der Waals surface area (Å²) >= 11 is 0. The van der Waals surface area contributed by atoms with Crippen LogP contribution < -0.4 is 0 Å². The number of esters is 1. The zero-order valence-corrected chi connectivity index (χ0v) is 27.5. The zero-order valence-electron chi connectivity index (χ0n) is 27.5. The Labute approximate surface area is 254 Å². The van der Waals surface area contributed by atoms with Crippen LogP contribution in [0.4, 0.5) is 0 Å². The van der Waals surface area contributed by atoms with Gasteiger partial charge in [0.25, 0.3) is 0 Å². The summed E-state index contributed by atoms with van der Waals surface area (Å²) in [5.41, 5.74) is 2.52. The number of aliphatic hydroxyl groups is 2. The lowest BCUT2D eigenvalue weighted by molar-refractivity contribution is -0.220. The molecular formula is C36H56O6. The van der Waals surface area contributed by atoms with Crippen LogP contribution >= 0.6 is 0 Å². The minimum Gasteiger partial charge on any atom is -0.459 e. The molecule has 3 saturated carbocycles. The number of aliphatic hydroxyl groups excluding tert-OH is 2. The first-order valence-corrected chi connectivity index (χ1v) is 16.3. The molecule has 0 aromatic carbocycles. The van der Waals surface area contributed by atoms with Crippen molar-refractivity contribution in [1.82, 2.24) is 0 Å². The van der Waals surface area contributed by atoms with Gasteiger partial charge in [-0.2, -0.15) is 0 Å². The molecule has 0 unspecified atom stereocenters. The number of hydrogen-bond acceptors (Lipinski definition) is 6. The monoisotopic (exact) mass is 584 g/mol. The first-order chi connectivity index (χ1) is 19.5. The van der Waals surface area contributed by atoms with Gasteiger partial charge in [0.1, 0.15) is 12.2 Å². The Morgan fingerprint density at radius 3 is 2.40 bits per heavy atom. The zero-order chi connectivity index (χ0) is 31.0. The third-order valence-electron chi connectivity index (χ3n) is 13.1. The second-order valence-corrected chi connectivity index (χ2v) is 16.0. The predicted molar refractivity (Wildman–Crippen MR) is 164 cm³/mol. The van der Waals surface area contributed by atoms with E-state index in [1.165, 1.54) is 5.57 Å². The standard InChI is InChI=1S/C36H56O6/c1-20(2)17-30(38)42-29-14-16-35(8)26-13-15-34(7)23(22-18-24(31(39)21(3)4)41-32(22)40-10)11-12-25(34)36(26,9)28(37)19-27(35)33(29,5)6/h12,17,22-24,26-29,31-32,37,39H,3,11,13-16,18-19H2,1-2,4-10H3/t22-,23-,24+,26+,27-,28+,29+,31-,32+,34-,35+,36-/m0/s1. The average Bonchev–Trinajstić information content (AvgIpc) is 3.48. The van der Waals surface area contributed by atoms with Gasteiger partial charge in [0, 0.05) is 29.9 Å². The number of carbonyl (C=O) groups is 1. The van der Waals surface area contributed by atoms with Crippen LogP contribution in [0.3, 0.4) is 0 Å². The van der Waals surface area contributed by atoms with E-state index >= 15 is 0 Å². The molecule has 5 aliphatic rings. The first-order valence-electron chi connectivity index (χ1n) is 16.3. The van der Waals surface area contributed by atoms with Crippen molar-refractivity contribution in [3.63, 3.8) is 0 Å². The van der Waals surface area contributed by atoms with E-state index in [0.29, 0.717) is 18.3 Å². The number of rotatable bonds is 6. The average molecular weight is 585 g/mol. The van der Waals surface area contributed by atoms with E-state index in [1.807, 2.05) is 20.8 Å². The second-order valence-electron chi connectivity index (χ2n) is 16.0. The van der Waals surface area contributed by atoms with Crippen molar-refractivity contribution >= 4 is 5.97 Å². The van der Waals surface area contributed by atoms with Crippen LogP contribution in [0.25, 0.3) is 0 Å². The van der Waals surface area contributed by atoms with Crippen molar-refractivity contribution in [2.24, 2.45) is 45.3 Å². The van der Waals surface area contributed by atoms with E-state index in [1.54, 1.807) is 13.2 Å². The predicted octanol–water partition coefficient (Wildman–Crippen LogP) is 6.76. The molecule has 5 rings (SSSR count). The maximum Gasteiger partial charge on any atom is 0.330 e. The second kappa shape index (κ2) is 10.9. The van der Waals surface area contributed by atoms with Crippen LogP contribution in [0.15, 0.2) is 35.5 Å². The SMILES string of the molecule is C=C(C)[C@H](O)[C@H]1C[C@@H]([C@@H]2CC=C3[C@]4(C)[C@H](O)C[C@H]5C(C)(C)[C@H](OC(=O)C=C(C)C)CC[C@]5(C)[C@H]4CC[C@]32C)[C@H](OC)O1. The lowest BCUT2D eigenvalue weighted by atomic mass is 9.37. The van der Waals surface area contributed by atoms with E-state index in [2.05, 4.69) is 47.3 Å². The van der Waals surface area contributed by atoms with E-state index in [-0.39, 0.29) is 58.0 Å². The van der Waals surface area contributed by atoms with Gasteiger partial charge in [0.15, 0.2) is 6.29 Å². The van der Waals surface area contributed by atoms with Crippen LogP contribution in [0, 0.1) is 45.3 Å². The molecular weight excluding hydrogens is 528 g/mol. The van der Waals surface area contributed by atoms with Crippen molar-refractivity contribution in [2.45, 2.75) is 131 Å². The highest BCUT2D eigenvalue weighted by atomic mass is 16.7. The van der Waals surface area contributed by atoms with Crippen molar-refractivity contribution in [1.29, 1.82) is 0 Å². The molecule has 4 aliphatic carbocycles. The van der Waals surface area contributed by atoms with Crippen molar-refractivity contribution in [3.05, 3.63) is 35.5 Å². The smallest absolute Gasteiger partial charge is 0.330 e. The van der Waals surface area contributed by atoms with Crippen LogP contribution in [-0.2, 0) is 19.0 Å². The minimum absolute atomic E-state index is 0.0411. The molecule has 1 heterocycles. The van der Waals surface area contributed by atoms with Crippen LogP contribution in [-0.4, -0.2) is 54.0 Å². The van der Waals surface area contributed by atoms with Gasteiger partial charge in [-0.15, -0.1) is 0 Å². The Bertz CT molecular complexity index is 1150. The molecule has 42 heavy (non-hydrogen) atoms. The topological polar surface area (TPSA) is 85.2 Å². The van der Waals surface area contributed by atoms with Gasteiger partial charge in [-0.3, -0.25) is 0 Å². The fraction of sp³-hybridized carbons (Fsp3) is 0.806.